The van der Waals surface area contributed by atoms with Crippen molar-refractivity contribution in [2.75, 3.05) is 0 Å². The molecule has 38 heavy (non-hydrogen) atoms. The first-order valence-electron chi connectivity index (χ1n) is 12.3. The Morgan fingerprint density at radius 1 is 0.947 bits per heavy atom. The zero-order valence-corrected chi connectivity index (χ0v) is 21.7. The van der Waals surface area contributed by atoms with E-state index < -0.39 is 5.97 Å². The Balaban J connectivity index is 1.24. The smallest absolute Gasteiger partial charge is 0.335 e. The molecule has 190 valence electrons. The van der Waals surface area contributed by atoms with Gasteiger partial charge in [-0.15, -0.1) is 0 Å². The Kier molecular flexibility index (Phi) is 6.52. The second-order valence-corrected chi connectivity index (χ2v) is 10.2. The summed E-state index contributed by atoms with van der Waals surface area (Å²) < 4.78 is 12.0. The molecule has 0 radical (unpaired) electrons. The molecule has 1 aliphatic rings. The van der Waals surface area contributed by atoms with Gasteiger partial charge in [0.15, 0.2) is 0 Å². The molecule has 0 spiro atoms. The zero-order valence-electron chi connectivity index (χ0n) is 20.2. The van der Waals surface area contributed by atoms with Crippen LogP contribution in [0, 0.1) is 0 Å². The molecule has 0 atom stereocenters. The molecule has 1 fully saturated rings. The Morgan fingerprint density at radius 3 is 2.32 bits per heavy atom. The molecule has 3 aromatic carbocycles. The molecular weight excluding hydrogens is 523 g/mol. The first-order chi connectivity index (χ1) is 18.5. The third-order valence-electron chi connectivity index (χ3n) is 7.04. The number of carbonyl (C=O) groups is 1. The van der Waals surface area contributed by atoms with Crippen LogP contribution < -0.4 is 4.74 Å². The fourth-order valence-corrected chi connectivity index (χ4v) is 5.29. The van der Waals surface area contributed by atoms with Crippen LogP contribution >= 0.6 is 23.2 Å². The first-order valence-corrected chi connectivity index (χ1v) is 13.0. The average molecular weight is 545 g/mol. The molecule has 0 aliphatic heterocycles. The second kappa shape index (κ2) is 10.1. The second-order valence-electron chi connectivity index (χ2n) is 9.37. The minimum atomic E-state index is -0.934. The highest BCUT2D eigenvalue weighted by atomic mass is 35.5. The van der Waals surface area contributed by atoms with Crippen molar-refractivity contribution in [3.05, 3.63) is 100.0 Å². The Morgan fingerprint density at radius 2 is 1.63 bits per heavy atom. The summed E-state index contributed by atoms with van der Waals surface area (Å²) in [5.41, 5.74) is 4.36. The molecule has 6 nitrogen and oxygen atoms in total. The number of halogens is 2. The summed E-state index contributed by atoms with van der Waals surface area (Å²) in [6.07, 6.45) is 6.35. The Hall–Kier alpha value is -3.87. The van der Waals surface area contributed by atoms with Crippen LogP contribution in [0.15, 0.2) is 77.6 Å². The molecule has 1 aliphatic carbocycles. The van der Waals surface area contributed by atoms with E-state index in [9.17, 15) is 9.90 Å². The number of ether oxygens (including phenoxy) is 1. The van der Waals surface area contributed by atoms with Crippen LogP contribution in [0.4, 0.5) is 0 Å². The molecule has 0 bridgehead atoms. The van der Waals surface area contributed by atoms with Gasteiger partial charge in [-0.1, -0.05) is 65.1 Å². The monoisotopic (exact) mass is 544 g/mol. The quantitative estimate of drug-likeness (QED) is 0.221. The molecule has 0 saturated heterocycles. The summed E-state index contributed by atoms with van der Waals surface area (Å²) in [7, 11) is 0. The number of benzene rings is 3. The average Bonchev–Trinajstić information content (AvgIpc) is 3.28. The van der Waals surface area contributed by atoms with Gasteiger partial charge in [-0.25, -0.2) is 4.79 Å². The van der Waals surface area contributed by atoms with Gasteiger partial charge in [0, 0.05) is 23.9 Å². The Bertz CT molecular complexity index is 1640. The summed E-state index contributed by atoms with van der Waals surface area (Å²) >= 11 is 12.9. The lowest BCUT2D eigenvalue weighted by molar-refractivity contribution is 0.0697. The van der Waals surface area contributed by atoms with E-state index in [1.54, 1.807) is 24.5 Å². The maximum Gasteiger partial charge on any atom is 0.335 e. The van der Waals surface area contributed by atoms with Crippen molar-refractivity contribution in [2.24, 2.45) is 0 Å². The molecular formula is C30H22Cl2N2O4. The van der Waals surface area contributed by atoms with Crippen molar-refractivity contribution >= 4 is 39.9 Å². The van der Waals surface area contributed by atoms with Crippen molar-refractivity contribution in [3.63, 3.8) is 0 Å². The summed E-state index contributed by atoms with van der Waals surface area (Å²) in [4.78, 5) is 15.3. The lowest BCUT2D eigenvalue weighted by Crippen LogP contribution is -2.11. The SMILES string of the molecule is O=C(O)c1ccc2cc(-c3ccc(OCc4c(-c5c(Cl)cncc5Cl)noc4C4CCC4)cc3)ccc2c1. The van der Waals surface area contributed by atoms with Gasteiger partial charge in [0.2, 0.25) is 0 Å². The number of aromatic nitrogens is 2. The van der Waals surface area contributed by atoms with E-state index in [1.807, 2.05) is 48.5 Å². The van der Waals surface area contributed by atoms with E-state index >= 15 is 0 Å². The molecule has 2 heterocycles. The van der Waals surface area contributed by atoms with Gasteiger partial charge in [0.05, 0.1) is 21.2 Å². The molecule has 8 heteroatoms. The highest BCUT2D eigenvalue weighted by molar-refractivity contribution is 6.38. The van der Waals surface area contributed by atoms with Crippen LogP contribution in [0.3, 0.4) is 0 Å². The van der Waals surface area contributed by atoms with Gasteiger partial charge in [-0.2, -0.15) is 0 Å². The van der Waals surface area contributed by atoms with E-state index in [2.05, 4.69) is 10.1 Å². The lowest BCUT2D eigenvalue weighted by Gasteiger charge is -2.23. The van der Waals surface area contributed by atoms with Gasteiger partial charge in [-0.05, 0) is 65.1 Å². The number of aromatic carboxylic acids is 1. The van der Waals surface area contributed by atoms with Crippen LogP contribution in [0.25, 0.3) is 33.2 Å². The fraction of sp³-hybridized carbons (Fsp3) is 0.167. The predicted octanol–water partition coefficient (Wildman–Crippen LogP) is 8.41. The molecule has 2 aromatic heterocycles. The minimum absolute atomic E-state index is 0.265. The zero-order chi connectivity index (χ0) is 26.2. The van der Waals surface area contributed by atoms with Gasteiger partial charge in [0.1, 0.15) is 23.8 Å². The third-order valence-corrected chi connectivity index (χ3v) is 7.62. The van der Waals surface area contributed by atoms with Crippen molar-refractivity contribution in [1.82, 2.24) is 10.1 Å². The third kappa shape index (κ3) is 4.62. The summed E-state index contributed by atoms with van der Waals surface area (Å²) in [6, 6.07) is 19.0. The van der Waals surface area contributed by atoms with Crippen LogP contribution in [0.1, 0.15) is 46.9 Å². The number of carboxylic acid groups (broad SMARTS) is 1. The first kappa shape index (κ1) is 24.5. The van der Waals surface area contributed by atoms with Crippen LogP contribution in [0.5, 0.6) is 5.75 Å². The number of hydrogen-bond donors (Lipinski definition) is 1. The molecule has 0 unspecified atom stereocenters. The maximum absolute atomic E-state index is 11.2. The van der Waals surface area contributed by atoms with Gasteiger partial charge >= 0.3 is 5.97 Å². The standard InChI is InChI=1S/C30H22Cl2N2O4/c31-25-14-33-15-26(32)27(25)28-24(29(38-34-28)18-2-1-3-18)16-37-23-10-8-17(9-11-23)19-4-5-21-13-22(30(35)36)7-6-20(21)12-19/h4-15,18H,1-3,16H2,(H,35,36). The molecule has 6 rings (SSSR count). The van der Waals surface area contributed by atoms with Crippen LogP contribution in [-0.2, 0) is 6.61 Å². The highest BCUT2D eigenvalue weighted by Crippen LogP contribution is 2.43. The van der Waals surface area contributed by atoms with Crippen LogP contribution in [0.2, 0.25) is 10.0 Å². The summed E-state index contributed by atoms with van der Waals surface area (Å²) in [5.74, 6) is 0.918. The van der Waals surface area contributed by atoms with E-state index in [0.717, 1.165) is 52.5 Å². The number of hydrogen-bond acceptors (Lipinski definition) is 5. The maximum atomic E-state index is 11.2. The van der Waals surface area contributed by atoms with Crippen molar-refractivity contribution in [2.45, 2.75) is 31.8 Å². The normalized spacial score (nSPS) is 13.4. The highest BCUT2D eigenvalue weighted by Gasteiger charge is 2.30. The number of nitrogens with zero attached hydrogens (tertiary/aromatic N) is 2. The van der Waals surface area contributed by atoms with E-state index in [4.69, 9.17) is 32.5 Å². The largest absolute Gasteiger partial charge is 0.489 e. The predicted molar refractivity (Wildman–Crippen MR) is 147 cm³/mol. The van der Waals surface area contributed by atoms with Gasteiger partial charge in [-0.3, -0.25) is 4.98 Å². The number of fused-ring (bicyclic) bond motifs is 1. The summed E-state index contributed by atoms with van der Waals surface area (Å²) in [6.45, 7) is 0.265. The van der Waals surface area contributed by atoms with Crippen LogP contribution in [-0.4, -0.2) is 21.2 Å². The molecule has 1 saturated carbocycles. The summed E-state index contributed by atoms with van der Waals surface area (Å²) in [5, 5.41) is 16.2. The number of pyridine rings is 1. The number of carboxylic acids is 1. The van der Waals surface area contributed by atoms with Crippen molar-refractivity contribution in [1.29, 1.82) is 0 Å². The Labute approximate surface area is 228 Å². The number of rotatable bonds is 7. The molecule has 5 aromatic rings. The van der Waals surface area contributed by atoms with Crippen molar-refractivity contribution < 1.29 is 19.2 Å². The molecule has 0 amide bonds. The van der Waals surface area contributed by atoms with Crippen molar-refractivity contribution in [3.8, 4) is 28.1 Å². The topological polar surface area (TPSA) is 85.5 Å². The van der Waals surface area contributed by atoms with E-state index in [-0.39, 0.29) is 12.2 Å². The molecule has 1 N–H and O–H groups in total. The van der Waals surface area contributed by atoms with E-state index in [0.29, 0.717) is 33.0 Å². The lowest BCUT2D eigenvalue weighted by atomic mass is 9.81. The van der Waals surface area contributed by atoms with Gasteiger partial charge in [0.25, 0.3) is 0 Å². The van der Waals surface area contributed by atoms with Gasteiger partial charge < -0.3 is 14.4 Å². The fourth-order valence-electron chi connectivity index (χ4n) is 4.74. The van der Waals surface area contributed by atoms with E-state index in [1.165, 1.54) is 0 Å². The minimum Gasteiger partial charge on any atom is -0.489 e.